The van der Waals surface area contributed by atoms with Gasteiger partial charge in [0.05, 0.1) is 6.61 Å². The number of ether oxygens (including phenoxy) is 2. The Bertz CT molecular complexity index is 210. The molecule has 0 aliphatic heterocycles. The van der Waals surface area contributed by atoms with Gasteiger partial charge in [0, 0.05) is 13.0 Å². The highest BCUT2D eigenvalue weighted by Gasteiger charge is 2.16. The highest BCUT2D eigenvalue weighted by molar-refractivity contribution is 5.76. The summed E-state index contributed by atoms with van der Waals surface area (Å²) in [5.74, 6) is 1.83. The third-order valence-corrected chi connectivity index (χ3v) is 1.51. The quantitative estimate of drug-likeness (QED) is 0.494. The van der Waals surface area contributed by atoms with Gasteiger partial charge in [-0.3, -0.25) is 4.79 Å². The molecule has 0 aromatic heterocycles. The van der Waals surface area contributed by atoms with Crippen LogP contribution in [0.3, 0.4) is 0 Å². The van der Waals surface area contributed by atoms with Gasteiger partial charge in [0.15, 0.2) is 0 Å². The molecule has 0 rings (SSSR count). The summed E-state index contributed by atoms with van der Waals surface area (Å²) in [5.41, 5.74) is 5.45. The second-order valence-corrected chi connectivity index (χ2v) is 2.92. The van der Waals surface area contributed by atoms with Crippen LogP contribution < -0.4 is 5.73 Å². The first-order valence-corrected chi connectivity index (χ1v) is 4.59. The average molecular weight is 199 g/mol. The lowest BCUT2D eigenvalue weighted by Crippen LogP contribution is -2.35. The van der Waals surface area contributed by atoms with E-state index in [1.165, 1.54) is 0 Å². The Morgan fingerprint density at radius 3 is 2.79 bits per heavy atom. The topological polar surface area (TPSA) is 61.6 Å². The number of carbonyl (C=O) groups excluding carboxylic acids is 1. The second kappa shape index (κ2) is 7.36. The van der Waals surface area contributed by atoms with E-state index in [2.05, 4.69) is 5.92 Å². The van der Waals surface area contributed by atoms with Gasteiger partial charge in [-0.2, -0.15) is 0 Å². The van der Waals surface area contributed by atoms with Crippen LogP contribution in [0.1, 0.15) is 20.3 Å². The summed E-state index contributed by atoms with van der Waals surface area (Å²) < 4.78 is 10.1. The summed E-state index contributed by atoms with van der Waals surface area (Å²) in [4.78, 5) is 11.2. The van der Waals surface area contributed by atoms with E-state index >= 15 is 0 Å². The fourth-order valence-electron chi connectivity index (χ4n) is 0.814. The zero-order valence-corrected chi connectivity index (χ0v) is 8.66. The van der Waals surface area contributed by atoms with Crippen molar-refractivity contribution in [3.8, 4) is 12.3 Å². The summed E-state index contributed by atoms with van der Waals surface area (Å²) in [6.07, 6.45) is 4.92. The van der Waals surface area contributed by atoms with Crippen molar-refractivity contribution in [1.82, 2.24) is 0 Å². The van der Waals surface area contributed by atoms with Crippen LogP contribution in [-0.2, 0) is 14.3 Å². The van der Waals surface area contributed by atoms with E-state index in [0.717, 1.165) is 0 Å². The lowest BCUT2D eigenvalue weighted by atomic mass is 10.2. The molecule has 4 nitrogen and oxygen atoms in total. The molecule has 0 radical (unpaired) electrons. The van der Waals surface area contributed by atoms with E-state index in [1.54, 1.807) is 6.92 Å². The fourth-order valence-corrected chi connectivity index (χ4v) is 0.814. The molecule has 0 amide bonds. The summed E-state index contributed by atoms with van der Waals surface area (Å²) in [5, 5.41) is 0. The third kappa shape index (κ3) is 5.57. The zero-order valence-electron chi connectivity index (χ0n) is 8.66. The van der Waals surface area contributed by atoms with Crippen molar-refractivity contribution in [2.75, 3.05) is 13.2 Å². The molecule has 0 fully saturated rings. The van der Waals surface area contributed by atoms with Crippen molar-refractivity contribution in [2.24, 2.45) is 5.73 Å². The van der Waals surface area contributed by atoms with E-state index in [-0.39, 0.29) is 12.5 Å². The Hall–Kier alpha value is -1.05. The third-order valence-electron chi connectivity index (χ3n) is 1.51. The molecular weight excluding hydrogens is 182 g/mol. The minimum atomic E-state index is -0.732. The first kappa shape index (κ1) is 12.9. The molecule has 0 heterocycles. The molecule has 0 aliphatic rings. The molecule has 0 aromatic rings. The van der Waals surface area contributed by atoms with Crippen LogP contribution in [0.25, 0.3) is 0 Å². The standard InChI is InChI=1S/C10H17NO3/c1-4-6-9(11)10(12)14-8(3)7-13-5-2/h1,8-9H,5-7,11H2,2-3H3. The summed E-state index contributed by atoms with van der Waals surface area (Å²) in [6.45, 7) is 4.60. The lowest BCUT2D eigenvalue weighted by molar-refractivity contribution is -0.152. The van der Waals surface area contributed by atoms with Crippen molar-refractivity contribution in [3.63, 3.8) is 0 Å². The van der Waals surface area contributed by atoms with E-state index in [9.17, 15) is 4.79 Å². The smallest absolute Gasteiger partial charge is 0.324 e. The molecule has 2 unspecified atom stereocenters. The normalized spacial score (nSPS) is 14.1. The Morgan fingerprint density at radius 1 is 1.64 bits per heavy atom. The van der Waals surface area contributed by atoms with Gasteiger partial charge in [-0.15, -0.1) is 12.3 Å². The van der Waals surface area contributed by atoms with Gasteiger partial charge < -0.3 is 15.2 Å². The predicted octanol–water partition coefficient (Wildman–Crippen LogP) is 0.305. The molecule has 2 atom stereocenters. The van der Waals surface area contributed by atoms with E-state index < -0.39 is 12.0 Å². The van der Waals surface area contributed by atoms with Crippen LogP contribution in [0.5, 0.6) is 0 Å². The average Bonchev–Trinajstić information content (AvgIpc) is 2.15. The molecule has 0 spiro atoms. The van der Waals surface area contributed by atoms with Gasteiger partial charge in [-0.05, 0) is 13.8 Å². The van der Waals surface area contributed by atoms with Crippen LogP contribution in [0.2, 0.25) is 0 Å². The summed E-state index contributed by atoms with van der Waals surface area (Å²) >= 11 is 0. The van der Waals surface area contributed by atoms with Crippen molar-refractivity contribution in [1.29, 1.82) is 0 Å². The largest absolute Gasteiger partial charge is 0.459 e. The number of nitrogens with two attached hydrogens (primary N) is 1. The van der Waals surface area contributed by atoms with Crippen molar-refractivity contribution < 1.29 is 14.3 Å². The zero-order chi connectivity index (χ0) is 11.0. The molecule has 0 saturated carbocycles. The second-order valence-electron chi connectivity index (χ2n) is 2.92. The SMILES string of the molecule is C#CCC(N)C(=O)OC(C)COCC. The summed E-state index contributed by atoms with van der Waals surface area (Å²) in [7, 11) is 0. The Kier molecular flexibility index (Phi) is 6.81. The predicted molar refractivity (Wildman–Crippen MR) is 53.5 cm³/mol. The number of hydrogen-bond donors (Lipinski definition) is 1. The molecule has 0 aromatic carbocycles. The van der Waals surface area contributed by atoms with Gasteiger partial charge in [-0.25, -0.2) is 0 Å². The number of terminal acetylenes is 1. The Balaban J connectivity index is 3.76. The van der Waals surface area contributed by atoms with Crippen molar-refractivity contribution >= 4 is 5.97 Å². The molecule has 14 heavy (non-hydrogen) atoms. The first-order chi connectivity index (χ1) is 6.61. The number of esters is 1. The van der Waals surface area contributed by atoms with E-state index in [0.29, 0.717) is 13.2 Å². The van der Waals surface area contributed by atoms with Crippen LogP contribution in [0.15, 0.2) is 0 Å². The van der Waals surface area contributed by atoms with E-state index in [4.69, 9.17) is 21.6 Å². The highest BCUT2D eigenvalue weighted by atomic mass is 16.6. The maximum absolute atomic E-state index is 11.2. The van der Waals surface area contributed by atoms with Crippen LogP contribution in [0, 0.1) is 12.3 Å². The minimum absolute atomic E-state index is 0.195. The maximum atomic E-state index is 11.2. The highest BCUT2D eigenvalue weighted by Crippen LogP contribution is 1.97. The molecule has 0 aliphatic carbocycles. The number of carbonyl (C=O) groups is 1. The Morgan fingerprint density at radius 2 is 2.29 bits per heavy atom. The van der Waals surface area contributed by atoms with Gasteiger partial charge in [0.1, 0.15) is 12.1 Å². The van der Waals surface area contributed by atoms with Crippen LogP contribution >= 0.6 is 0 Å². The molecular formula is C10H17NO3. The van der Waals surface area contributed by atoms with Gasteiger partial charge >= 0.3 is 5.97 Å². The monoisotopic (exact) mass is 199 g/mol. The maximum Gasteiger partial charge on any atom is 0.324 e. The van der Waals surface area contributed by atoms with Gasteiger partial charge in [0.2, 0.25) is 0 Å². The number of rotatable bonds is 6. The van der Waals surface area contributed by atoms with Crippen LogP contribution in [0.4, 0.5) is 0 Å². The number of hydrogen-bond acceptors (Lipinski definition) is 4. The molecule has 0 bridgehead atoms. The fraction of sp³-hybridized carbons (Fsp3) is 0.700. The van der Waals surface area contributed by atoms with E-state index in [1.807, 2.05) is 6.92 Å². The minimum Gasteiger partial charge on any atom is -0.459 e. The van der Waals surface area contributed by atoms with Gasteiger partial charge in [0.25, 0.3) is 0 Å². The Labute approximate surface area is 84.8 Å². The van der Waals surface area contributed by atoms with Crippen molar-refractivity contribution in [2.45, 2.75) is 32.4 Å². The van der Waals surface area contributed by atoms with Crippen molar-refractivity contribution in [3.05, 3.63) is 0 Å². The lowest BCUT2D eigenvalue weighted by Gasteiger charge is -2.15. The summed E-state index contributed by atoms with van der Waals surface area (Å²) in [6, 6.07) is -0.732. The molecule has 0 saturated heterocycles. The molecule has 2 N–H and O–H groups in total. The van der Waals surface area contributed by atoms with Gasteiger partial charge in [-0.1, -0.05) is 0 Å². The molecule has 4 heteroatoms. The van der Waals surface area contributed by atoms with Crippen LogP contribution in [-0.4, -0.2) is 31.3 Å². The first-order valence-electron chi connectivity index (χ1n) is 4.59. The molecule has 80 valence electrons.